The van der Waals surface area contributed by atoms with Crippen molar-refractivity contribution in [2.45, 2.75) is 97.6 Å². The number of rotatable bonds is 4. The molecule has 0 N–H and O–H groups in total. The fourth-order valence-corrected chi connectivity index (χ4v) is 3.50. The number of benzene rings is 1. The van der Waals surface area contributed by atoms with Crippen molar-refractivity contribution in [3.63, 3.8) is 0 Å². The highest BCUT2D eigenvalue weighted by Gasteiger charge is 2.37. The van der Waals surface area contributed by atoms with Crippen LogP contribution < -0.4 is 0 Å². The first-order valence-electron chi connectivity index (χ1n) is 10.9. The minimum atomic E-state index is -0.245. The Kier molecular flexibility index (Phi) is 14.2. The van der Waals surface area contributed by atoms with Gasteiger partial charge in [0.05, 0.1) is 7.11 Å². The molecule has 0 spiro atoms. The zero-order valence-corrected chi connectivity index (χ0v) is 21.4. The Bertz CT molecular complexity index is 591. The zero-order chi connectivity index (χ0) is 21.1. The van der Waals surface area contributed by atoms with Crippen molar-refractivity contribution >= 4 is 35.9 Å². The van der Waals surface area contributed by atoms with E-state index in [2.05, 4.69) is 35.6 Å². The maximum absolute atomic E-state index is 12.9. The van der Waals surface area contributed by atoms with Crippen LogP contribution in [0.25, 0.3) is 0 Å². The van der Waals surface area contributed by atoms with Gasteiger partial charge in [-0.2, -0.15) is 0 Å². The van der Waals surface area contributed by atoms with Gasteiger partial charge < -0.3 is 9.64 Å². The molecule has 0 atom stereocenters. The first-order valence-corrected chi connectivity index (χ1v) is 10.9. The molecule has 0 radical (unpaired) electrons. The standard InChI is InChI=1S/C19H27NO.C3H6O2.C2H6.HI/c1-14(2)15-8-10-16(11-9-15)19(21)20(18-12-13-18)17-6-4-3-5-7-17;1-3(4)5-2;1-2;/h8-11,14,17-18H,3-7,12-13H2,1-2H3;1-2H3;1-2H3;1H. The van der Waals surface area contributed by atoms with Gasteiger partial charge in [0, 0.05) is 24.6 Å². The molecule has 1 aromatic carbocycles. The van der Waals surface area contributed by atoms with Crippen LogP contribution in [0.5, 0.6) is 0 Å². The molecule has 1 aromatic rings. The Morgan fingerprint density at radius 2 is 1.38 bits per heavy atom. The number of carbonyl (C=O) groups excluding carboxylic acids is 2. The highest BCUT2D eigenvalue weighted by atomic mass is 127. The zero-order valence-electron chi connectivity index (χ0n) is 19.1. The van der Waals surface area contributed by atoms with Crippen LogP contribution in [0, 0.1) is 0 Å². The molecule has 1 amide bonds. The largest absolute Gasteiger partial charge is 0.469 e. The number of hydrogen-bond acceptors (Lipinski definition) is 3. The van der Waals surface area contributed by atoms with Crippen molar-refractivity contribution < 1.29 is 14.3 Å². The molecule has 2 fully saturated rings. The van der Waals surface area contributed by atoms with Gasteiger partial charge in [-0.05, 0) is 49.3 Å². The third-order valence-electron chi connectivity index (χ3n) is 5.25. The summed E-state index contributed by atoms with van der Waals surface area (Å²) in [6, 6.07) is 9.29. The van der Waals surface area contributed by atoms with Gasteiger partial charge >= 0.3 is 5.97 Å². The van der Waals surface area contributed by atoms with Gasteiger partial charge in [0.2, 0.25) is 0 Å². The van der Waals surface area contributed by atoms with Crippen LogP contribution in [-0.2, 0) is 9.53 Å². The molecule has 0 unspecified atom stereocenters. The summed E-state index contributed by atoms with van der Waals surface area (Å²) in [5, 5.41) is 0. The summed E-state index contributed by atoms with van der Waals surface area (Å²) < 4.78 is 4.11. The third-order valence-corrected chi connectivity index (χ3v) is 5.25. The lowest BCUT2D eigenvalue weighted by molar-refractivity contribution is -0.137. The van der Waals surface area contributed by atoms with Crippen LogP contribution in [0.2, 0.25) is 0 Å². The molecular formula is C24H40INO3. The fraction of sp³-hybridized carbons (Fsp3) is 0.667. The Hall–Kier alpha value is -1.11. The highest BCUT2D eigenvalue weighted by molar-refractivity contribution is 14.0. The van der Waals surface area contributed by atoms with Crippen LogP contribution in [0.4, 0.5) is 0 Å². The summed E-state index contributed by atoms with van der Waals surface area (Å²) >= 11 is 0. The quantitative estimate of drug-likeness (QED) is 0.335. The van der Waals surface area contributed by atoms with E-state index in [0.717, 1.165) is 5.56 Å². The molecule has 2 aliphatic carbocycles. The van der Waals surface area contributed by atoms with Crippen molar-refractivity contribution in [1.29, 1.82) is 0 Å². The monoisotopic (exact) mass is 517 g/mol. The topological polar surface area (TPSA) is 46.6 Å². The third kappa shape index (κ3) is 9.49. The lowest BCUT2D eigenvalue weighted by Crippen LogP contribution is -2.43. The fourth-order valence-electron chi connectivity index (χ4n) is 3.50. The maximum Gasteiger partial charge on any atom is 0.302 e. The molecule has 5 heteroatoms. The number of halogens is 1. The van der Waals surface area contributed by atoms with E-state index in [1.807, 2.05) is 26.0 Å². The van der Waals surface area contributed by atoms with Crippen LogP contribution in [-0.4, -0.2) is 36.0 Å². The van der Waals surface area contributed by atoms with Gasteiger partial charge in [0.25, 0.3) is 5.91 Å². The predicted molar refractivity (Wildman–Crippen MR) is 131 cm³/mol. The van der Waals surface area contributed by atoms with Crippen LogP contribution in [0.1, 0.15) is 101 Å². The molecule has 29 heavy (non-hydrogen) atoms. The number of nitrogens with zero attached hydrogens (tertiary/aromatic N) is 1. The van der Waals surface area contributed by atoms with Crippen molar-refractivity contribution in [1.82, 2.24) is 4.90 Å². The molecule has 2 saturated carbocycles. The summed E-state index contributed by atoms with van der Waals surface area (Å²) in [6.45, 7) is 9.74. The predicted octanol–water partition coefficient (Wildman–Crippen LogP) is 6.57. The van der Waals surface area contributed by atoms with E-state index >= 15 is 0 Å². The second-order valence-corrected chi connectivity index (χ2v) is 7.71. The molecule has 0 aliphatic heterocycles. The van der Waals surface area contributed by atoms with E-state index in [4.69, 9.17) is 0 Å². The van der Waals surface area contributed by atoms with Gasteiger partial charge in [-0.25, -0.2) is 0 Å². The van der Waals surface area contributed by atoms with Crippen LogP contribution in [0.3, 0.4) is 0 Å². The molecule has 0 saturated heterocycles. The lowest BCUT2D eigenvalue weighted by Gasteiger charge is -2.34. The van der Waals surface area contributed by atoms with E-state index < -0.39 is 0 Å². The number of hydrogen-bond donors (Lipinski definition) is 0. The maximum atomic E-state index is 12.9. The molecule has 4 nitrogen and oxygen atoms in total. The first kappa shape index (κ1) is 27.9. The van der Waals surface area contributed by atoms with E-state index in [0.29, 0.717) is 18.0 Å². The van der Waals surface area contributed by atoms with Gasteiger partial charge in [-0.15, -0.1) is 24.0 Å². The lowest BCUT2D eigenvalue weighted by atomic mass is 9.93. The van der Waals surface area contributed by atoms with Gasteiger partial charge in [-0.3, -0.25) is 9.59 Å². The minimum absolute atomic E-state index is 0. The van der Waals surface area contributed by atoms with E-state index in [-0.39, 0.29) is 35.9 Å². The summed E-state index contributed by atoms with van der Waals surface area (Å²) in [5.41, 5.74) is 2.18. The van der Waals surface area contributed by atoms with Crippen LogP contribution in [0.15, 0.2) is 24.3 Å². The highest BCUT2D eigenvalue weighted by Crippen LogP contribution is 2.35. The van der Waals surface area contributed by atoms with Gasteiger partial charge in [0.1, 0.15) is 0 Å². The van der Waals surface area contributed by atoms with E-state index in [1.54, 1.807) is 0 Å². The van der Waals surface area contributed by atoms with E-state index in [9.17, 15) is 9.59 Å². The Balaban J connectivity index is 0.000000862. The normalized spacial score (nSPS) is 15.7. The number of carbonyl (C=O) groups is 2. The summed E-state index contributed by atoms with van der Waals surface area (Å²) in [7, 11) is 1.35. The molecular weight excluding hydrogens is 477 g/mol. The summed E-state index contributed by atoms with van der Waals surface area (Å²) in [6.07, 6.45) is 8.71. The Labute approximate surface area is 194 Å². The second-order valence-electron chi connectivity index (χ2n) is 7.71. The van der Waals surface area contributed by atoms with Crippen molar-refractivity contribution in [2.24, 2.45) is 0 Å². The SMILES string of the molecule is CC.CC(C)c1ccc(C(=O)N(C2CCCCC2)C2CC2)cc1.COC(C)=O.I. The minimum Gasteiger partial charge on any atom is -0.469 e. The number of ether oxygens (including phenoxy) is 1. The van der Waals surface area contributed by atoms with Crippen molar-refractivity contribution in [3.8, 4) is 0 Å². The van der Waals surface area contributed by atoms with Crippen molar-refractivity contribution in [2.75, 3.05) is 7.11 Å². The first-order chi connectivity index (χ1) is 13.4. The van der Waals surface area contributed by atoms with E-state index in [1.165, 1.54) is 64.5 Å². The smallest absolute Gasteiger partial charge is 0.302 e. The Morgan fingerprint density at radius 1 is 0.931 bits per heavy atom. The van der Waals surface area contributed by atoms with Gasteiger partial charge in [-0.1, -0.05) is 59.1 Å². The molecule has 166 valence electrons. The number of amides is 1. The average Bonchev–Trinajstić information content (AvgIpc) is 3.56. The average molecular weight is 517 g/mol. The second kappa shape index (κ2) is 14.8. The van der Waals surface area contributed by atoms with Crippen LogP contribution >= 0.6 is 24.0 Å². The molecule has 0 heterocycles. The summed E-state index contributed by atoms with van der Waals surface area (Å²) in [5.74, 6) is 0.539. The number of esters is 1. The van der Waals surface area contributed by atoms with Crippen molar-refractivity contribution in [3.05, 3.63) is 35.4 Å². The Morgan fingerprint density at radius 3 is 1.76 bits per heavy atom. The molecule has 2 aliphatic rings. The number of methoxy groups -OCH3 is 1. The van der Waals surface area contributed by atoms with Gasteiger partial charge in [0.15, 0.2) is 0 Å². The molecule has 3 rings (SSSR count). The molecule has 0 bridgehead atoms. The summed E-state index contributed by atoms with van der Waals surface area (Å²) in [4.78, 5) is 24.7. The molecule has 0 aromatic heterocycles.